The van der Waals surface area contributed by atoms with Crippen molar-refractivity contribution < 1.29 is 34.3 Å². The van der Waals surface area contributed by atoms with E-state index >= 15 is 0 Å². The van der Waals surface area contributed by atoms with Gasteiger partial charge in [0.15, 0.2) is 0 Å². The molecule has 2 aliphatic rings. The molecule has 0 aromatic heterocycles. The molecule has 1 amide bonds. The Bertz CT molecular complexity index is 1240. The third-order valence-electron chi connectivity index (χ3n) is 7.89. The van der Waals surface area contributed by atoms with E-state index in [2.05, 4.69) is 12.1 Å². The molecule has 3 aromatic carbocycles. The average Bonchev–Trinajstić information content (AvgIpc) is 2.96. The second kappa shape index (κ2) is 11.9. The molecule has 2 aliphatic heterocycles. The van der Waals surface area contributed by atoms with Gasteiger partial charge in [-0.15, -0.1) is 0 Å². The number of halogens is 1. The van der Waals surface area contributed by atoms with Crippen molar-refractivity contribution in [1.29, 1.82) is 0 Å². The van der Waals surface area contributed by atoms with E-state index in [0.717, 1.165) is 30.4 Å². The van der Waals surface area contributed by atoms with Crippen LogP contribution in [0.5, 0.6) is 0 Å². The number of β-lactam (4-membered cyclic amide) rings is 1. The molecular formula is C31H34FNO6. The number of aliphatic hydroxyl groups is 4. The van der Waals surface area contributed by atoms with E-state index in [4.69, 9.17) is 4.74 Å². The lowest BCUT2D eigenvalue weighted by Gasteiger charge is -2.48. The zero-order valence-corrected chi connectivity index (χ0v) is 21.5. The molecule has 0 aliphatic carbocycles. The largest absolute Gasteiger partial charge is 0.394 e. The van der Waals surface area contributed by atoms with Crippen LogP contribution in [0.25, 0.3) is 0 Å². The third-order valence-corrected chi connectivity index (χ3v) is 7.89. The maximum absolute atomic E-state index is 13.6. The monoisotopic (exact) mass is 535 g/mol. The number of aryl methyl sites for hydroxylation is 1. The lowest BCUT2D eigenvalue weighted by atomic mass is 9.78. The lowest BCUT2D eigenvalue weighted by Crippen LogP contribution is -2.59. The highest BCUT2D eigenvalue weighted by atomic mass is 19.1. The molecular weight excluding hydrogens is 501 g/mol. The summed E-state index contributed by atoms with van der Waals surface area (Å²) in [5.41, 5.74) is 3.66. The van der Waals surface area contributed by atoms with Crippen LogP contribution in [0.4, 0.5) is 10.1 Å². The number of carbonyl (C=O) groups excluding carboxylic acids is 1. The minimum atomic E-state index is -1.41. The van der Waals surface area contributed by atoms with Crippen molar-refractivity contribution in [1.82, 2.24) is 0 Å². The Labute approximate surface area is 227 Å². The van der Waals surface area contributed by atoms with Crippen LogP contribution >= 0.6 is 0 Å². The first-order chi connectivity index (χ1) is 18.9. The Hall–Kier alpha value is -3.14. The molecule has 8 heteroatoms. The molecule has 7 nitrogen and oxygen atoms in total. The normalized spacial score (nSPS) is 28.8. The quantitative estimate of drug-likeness (QED) is 0.314. The maximum atomic E-state index is 13.6. The van der Waals surface area contributed by atoms with Gasteiger partial charge in [0.05, 0.1) is 24.7 Å². The Balaban J connectivity index is 1.32. The topological polar surface area (TPSA) is 110 Å². The first kappa shape index (κ1) is 27.4. The van der Waals surface area contributed by atoms with Crippen molar-refractivity contribution in [3.8, 4) is 0 Å². The van der Waals surface area contributed by atoms with Crippen LogP contribution < -0.4 is 4.90 Å². The summed E-state index contributed by atoms with van der Waals surface area (Å²) in [7, 11) is 0. The van der Waals surface area contributed by atoms with Gasteiger partial charge in [0, 0.05) is 12.1 Å². The molecule has 5 rings (SSSR count). The summed E-state index contributed by atoms with van der Waals surface area (Å²) >= 11 is 0. The van der Waals surface area contributed by atoms with Gasteiger partial charge in [-0.2, -0.15) is 0 Å². The van der Waals surface area contributed by atoms with Gasteiger partial charge in [-0.1, -0.05) is 54.6 Å². The second-order valence-electron chi connectivity index (χ2n) is 10.4. The molecule has 4 N–H and O–H groups in total. The van der Waals surface area contributed by atoms with Crippen LogP contribution in [0, 0.1) is 11.7 Å². The van der Waals surface area contributed by atoms with Gasteiger partial charge in [-0.3, -0.25) is 4.79 Å². The summed E-state index contributed by atoms with van der Waals surface area (Å²) in [5.74, 6) is -0.541. The van der Waals surface area contributed by atoms with E-state index in [1.54, 1.807) is 17.0 Å². The van der Waals surface area contributed by atoms with Crippen LogP contribution in [0.15, 0.2) is 78.9 Å². The van der Waals surface area contributed by atoms with Crippen molar-refractivity contribution in [3.05, 3.63) is 101 Å². The molecule has 39 heavy (non-hydrogen) atoms. The van der Waals surface area contributed by atoms with Crippen molar-refractivity contribution in [2.24, 2.45) is 5.92 Å². The molecule has 2 unspecified atom stereocenters. The van der Waals surface area contributed by atoms with Gasteiger partial charge in [-0.05, 0) is 60.2 Å². The molecule has 0 radical (unpaired) electrons. The van der Waals surface area contributed by atoms with E-state index in [-0.39, 0.29) is 30.1 Å². The fraction of sp³-hybridized carbons (Fsp3) is 0.387. The second-order valence-corrected chi connectivity index (χ2v) is 10.4. The Morgan fingerprint density at radius 1 is 0.795 bits per heavy atom. The maximum Gasteiger partial charge on any atom is 0.233 e. The van der Waals surface area contributed by atoms with Gasteiger partial charge in [0.25, 0.3) is 0 Å². The highest BCUT2D eigenvalue weighted by Crippen LogP contribution is 2.45. The molecule has 2 heterocycles. The number of hydrogen-bond donors (Lipinski definition) is 4. The smallest absolute Gasteiger partial charge is 0.233 e. The number of aliphatic hydroxyl groups excluding tert-OH is 4. The number of ether oxygens (including phenoxy) is 1. The minimum Gasteiger partial charge on any atom is -0.394 e. The Morgan fingerprint density at radius 2 is 1.46 bits per heavy atom. The van der Waals surface area contributed by atoms with E-state index in [9.17, 15) is 29.6 Å². The number of anilines is 1. The average molecular weight is 536 g/mol. The number of nitrogens with zero attached hydrogens (tertiary/aromatic N) is 1. The molecule has 3 aromatic rings. The van der Waals surface area contributed by atoms with Crippen LogP contribution in [0.3, 0.4) is 0 Å². The zero-order chi connectivity index (χ0) is 27.5. The minimum absolute atomic E-state index is 0.0186. The van der Waals surface area contributed by atoms with E-state index in [1.807, 2.05) is 42.5 Å². The van der Waals surface area contributed by atoms with Gasteiger partial charge < -0.3 is 30.1 Å². The fourth-order valence-electron chi connectivity index (χ4n) is 5.70. The first-order valence-corrected chi connectivity index (χ1v) is 13.4. The summed E-state index contributed by atoms with van der Waals surface area (Å²) in [6, 6.07) is 23.6. The van der Waals surface area contributed by atoms with Crippen LogP contribution in [-0.4, -0.2) is 63.5 Å². The van der Waals surface area contributed by atoms with E-state index in [0.29, 0.717) is 5.69 Å². The molecule has 0 saturated carbocycles. The summed E-state index contributed by atoms with van der Waals surface area (Å²) in [6.45, 7) is -0.471. The molecule has 7 atom stereocenters. The molecule has 2 fully saturated rings. The van der Waals surface area contributed by atoms with Crippen molar-refractivity contribution in [3.63, 3.8) is 0 Å². The van der Waals surface area contributed by atoms with Crippen LogP contribution in [-0.2, 0) is 22.4 Å². The van der Waals surface area contributed by atoms with Gasteiger partial charge in [0.1, 0.15) is 30.2 Å². The first-order valence-electron chi connectivity index (χ1n) is 13.4. The summed E-state index contributed by atoms with van der Waals surface area (Å²) in [5, 5.41) is 40.0. The molecule has 0 spiro atoms. The van der Waals surface area contributed by atoms with Gasteiger partial charge in [0.2, 0.25) is 5.91 Å². The third kappa shape index (κ3) is 5.76. The van der Waals surface area contributed by atoms with E-state index in [1.165, 1.54) is 17.7 Å². The van der Waals surface area contributed by atoms with Crippen LogP contribution in [0.1, 0.15) is 35.6 Å². The number of benzene rings is 3. The fourth-order valence-corrected chi connectivity index (χ4v) is 5.70. The van der Waals surface area contributed by atoms with Crippen molar-refractivity contribution in [2.75, 3.05) is 11.5 Å². The molecule has 206 valence electrons. The number of hydrogen-bond acceptors (Lipinski definition) is 6. The van der Waals surface area contributed by atoms with Gasteiger partial charge >= 0.3 is 0 Å². The summed E-state index contributed by atoms with van der Waals surface area (Å²) in [6.07, 6.45) is -3.11. The standard InChI is InChI=1S/C31H34FNO6/c32-22-13-15-23(16-14-22)33-27(24(31(33)38)8-4-7-19-5-2-1-3-6-19)21-11-9-20(10-12-21)17-25-28(35)30(37)29(36)26(18-34)39-25/h1-3,5-6,9-16,24-30,34-37H,4,7-8,17-18H2/t24?,25-,26-,27?,28+,29-,30-/m1/s1. The Morgan fingerprint density at radius 3 is 2.13 bits per heavy atom. The predicted molar refractivity (Wildman–Crippen MR) is 143 cm³/mol. The summed E-state index contributed by atoms with van der Waals surface area (Å²) < 4.78 is 19.2. The Kier molecular flexibility index (Phi) is 8.40. The zero-order valence-electron chi connectivity index (χ0n) is 21.5. The number of carbonyl (C=O) groups is 1. The lowest BCUT2D eigenvalue weighted by molar-refractivity contribution is -0.228. The molecule has 2 saturated heterocycles. The molecule has 0 bridgehead atoms. The number of amides is 1. The highest BCUT2D eigenvalue weighted by Gasteiger charge is 2.48. The summed E-state index contributed by atoms with van der Waals surface area (Å²) in [4.78, 5) is 15.0. The predicted octanol–water partition coefficient (Wildman–Crippen LogP) is 2.94. The van der Waals surface area contributed by atoms with Gasteiger partial charge in [-0.25, -0.2) is 4.39 Å². The van der Waals surface area contributed by atoms with Crippen molar-refractivity contribution in [2.45, 2.75) is 62.2 Å². The van der Waals surface area contributed by atoms with E-state index < -0.39 is 37.1 Å². The SMILES string of the molecule is O=C1C(CCCc2ccccc2)C(c2ccc(C[C@H]3O[C@H](CO)[C@@H](O)[C@H](O)[C@H]3O)cc2)N1c1ccc(F)cc1. The van der Waals surface area contributed by atoms with Crippen LogP contribution in [0.2, 0.25) is 0 Å². The van der Waals surface area contributed by atoms with Crippen molar-refractivity contribution >= 4 is 11.6 Å². The number of rotatable bonds is 9. The highest BCUT2D eigenvalue weighted by molar-refractivity contribution is 6.03.